The maximum Gasteiger partial charge on any atom is 0.414 e. The summed E-state index contributed by atoms with van der Waals surface area (Å²) in [4.78, 5) is 28.0. The van der Waals surface area contributed by atoms with Crippen LogP contribution in [-0.4, -0.2) is 42.1 Å². The van der Waals surface area contributed by atoms with Crippen LogP contribution < -0.4 is 4.90 Å². The average Bonchev–Trinajstić information content (AvgIpc) is 3.07. The Labute approximate surface area is 143 Å². The standard InChI is InChI=1S/C19H26N2O3/c1-19(2,3)24-18(23)21-13-14(15-7-4-5-8-16(15)21)10-12-20-11-6-9-17(20)22/h4-5,7-8,14H,6,9-13H2,1-3H3/t14-/m0/s1. The van der Waals surface area contributed by atoms with Gasteiger partial charge < -0.3 is 9.64 Å². The predicted octanol–water partition coefficient (Wildman–Crippen LogP) is 3.54. The molecule has 2 heterocycles. The van der Waals surface area contributed by atoms with Crippen LogP contribution in [-0.2, 0) is 9.53 Å². The largest absolute Gasteiger partial charge is 0.443 e. The molecule has 2 aliphatic heterocycles. The van der Waals surface area contributed by atoms with Gasteiger partial charge in [-0.2, -0.15) is 0 Å². The van der Waals surface area contributed by atoms with Crippen molar-refractivity contribution in [3.63, 3.8) is 0 Å². The number of nitrogens with zero attached hydrogens (tertiary/aromatic N) is 2. The SMILES string of the molecule is CC(C)(C)OC(=O)N1C[C@H](CCN2CCCC2=O)c2ccccc21. The first-order chi connectivity index (χ1) is 11.3. The minimum atomic E-state index is -0.508. The highest BCUT2D eigenvalue weighted by atomic mass is 16.6. The average molecular weight is 330 g/mol. The zero-order valence-electron chi connectivity index (χ0n) is 14.7. The number of hydrogen-bond acceptors (Lipinski definition) is 3. The van der Waals surface area contributed by atoms with Gasteiger partial charge in [-0.1, -0.05) is 18.2 Å². The lowest BCUT2D eigenvalue weighted by Crippen LogP contribution is -2.36. The summed E-state index contributed by atoms with van der Waals surface area (Å²) < 4.78 is 5.54. The fraction of sp³-hybridized carbons (Fsp3) is 0.579. The monoisotopic (exact) mass is 330 g/mol. The zero-order valence-corrected chi connectivity index (χ0v) is 14.7. The van der Waals surface area contributed by atoms with Crippen molar-refractivity contribution < 1.29 is 14.3 Å². The molecular formula is C19H26N2O3. The molecule has 3 rings (SSSR count). The Morgan fingerprint density at radius 3 is 2.71 bits per heavy atom. The second-order valence-electron chi connectivity index (χ2n) is 7.62. The fourth-order valence-electron chi connectivity index (χ4n) is 3.48. The van der Waals surface area contributed by atoms with Crippen molar-refractivity contribution in [2.75, 3.05) is 24.5 Å². The van der Waals surface area contributed by atoms with Crippen LogP contribution in [0.2, 0.25) is 0 Å². The smallest absolute Gasteiger partial charge is 0.414 e. The van der Waals surface area contributed by atoms with Crippen molar-refractivity contribution in [1.29, 1.82) is 0 Å². The maximum atomic E-state index is 12.5. The van der Waals surface area contributed by atoms with E-state index in [-0.39, 0.29) is 17.9 Å². The van der Waals surface area contributed by atoms with E-state index < -0.39 is 5.60 Å². The Morgan fingerprint density at radius 1 is 1.29 bits per heavy atom. The number of fused-ring (bicyclic) bond motifs is 1. The highest BCUT2D eigenvalue weighted by Gasteiger charge is 2.35. The number of ether oxygens (including phenoxy) is 1. The molecule has 130 valence electrons. The van der Waals surface area contributed by atoms with Gasteiger partial charge in [0.1, 0.15) is 5.60 Å². The summed E-state index contributed by atoms with van der Waals surface area (Å²) in [7, 11) is 0. The van der Waals surface area contributed by atoms with Crippen LogP contribution in [0, 0.1) is 0 Å². The highest BCUT2D eigenvalue weighted by molar-refractivity contribution is 5.91. The summed E-state index contributed by atoms with van der Waals surface area (Å²) >= 11 is 0. The van der Waals surface area contributed by atoms with Crippen LogP contribution in [0.1, 0.15) is 51.5 Å². The van der Waals surface area contributed by atoms with Crippen LogP contribution in [0.25, 0.3) is 0 Å². The van der Waals surface area contributed by atoms with E-state index in [9.17, 15) is 9.59 Å². The van der Waals surface area contributed by atoms with E-state index in [2.05, 4.69) is 6.07 Å². The van der Waals surface area contributed by atoms with Gasteiger partial charge in [0.05, 0.1) is 5.69 Å². The summed E-state index contributed by atoms with van der Waals surface area (Å²) in [5, 5.41) is 0. The fourth-order valence-corrected chi connectivity index (χ4v) is 3.48. The second-order valence-corrected chi connectivity index (χ2v) is 7.62. The van der Waals surface area contributed by atoms with Crippen molar-refractivity contribution in [2.24, 2.45) is 0 Å². The van der Waals surface area contributed by atoms with Crippen LogP contribution in [0.5, 0.6) is 0 Å². The molecule has 0 radical (unpaired) electrons. The van der Waals surface area contributed by atoms with Crippen LogP contribution in [0.15, 0.2) is 24.3 Å². The normalized spacial score (nSPS) is 20.5. The van der Waals surface area contributed by atoms with Gasteiger partial charge in [0.2, 0.25) is 5.91 Å². The number of carbonyl (C=O) groups excluding carboxylic acids is 2. The minimum Gasteiger partial charge on any atom is -0.443 e. The van der Waals surface area contributed by atoms with E-state index in [1.165, 1.54) is 5.56 Å². The summed E-state index contributed by atoms with van der Waals surface area (Å²) in [5.41, 5.74) is 1.60. The maximum absolute atomic E-state index is 12.5. The zero-order chi connectivity index (χ0) is 17.3. The third-order valence-corrected chi connectivity index (χ3v) is 4.60. The van der Waals surface area contributed by atoms with Crippen LogP contribution in [0.3, 0.4) is 0 Å². The molecule has 1 aromatic carbocycles. The Morgan fingerprint density at radius 2 is 2.04 bits per heavy atom. The van der Waals surface area contributed by atoms with E-state index in [0.29, 0.717) is 13.0 Å². The lowest BCUT2D eigenvalue weighted by Gasteiger charge is -2.25. The molecule has 2 aliphatic rings. The van der Waals surface area contributed by atoms with Crippen molar-refractivity contribution >= 4 is 17.7 Å². The Balaban J connectivity index is 1.71. The molecule has 0 N–H and O–H groups in total. The molecule has 5 heteroatoms. The third-order valence-electron chi connectivity index (χ3n) is 4.60. The first kappa shape index (κ1) is 16.8. The highest BCUT2D eigenvalue weighted by Crippen LogP contribution is 2.38. The number of carbonyl (C=O) groups is 2. The number of benzene rings is 1. The third kappa shape index (κ3) is 3.55. The molecule has 0 aromatic heterocycles. The van der Waals surface area contributed by atoms with Crippen molar-refractivity contribution in [3.8, 4) is 0 Å². The van der Waals surface area contributed by atoms with E-state index in [4.69, 9.17) is 4.74 Å². The van der Waals surface area contributed by atoms with E-state index >= 15 is 0 Å². The molecule has 1 aromatic rings. The summed E-state index contributed by atoms with van der Waals surface area (Å²) in [6.45, 7) is 7.88. The molecule has 1 atom stereocenters. The number of rotatable bonds is 3. The summed E-state index contributed by atoms with van der Waals surface area (Å²) in [6, 6.07) is 8.00. The molecular weight excluding hydrogens is 304 g/mol. The second kappa shape index (κ2) is 6.46. The summed E-state index contributed by atoms with van der Waals surface area (Å²) in [5.74, 6) is 0.507. The Hall–Kier alpha value is -2.04. The summed E-state index contributed by atoms with van der Waals surface area (Å²) in [6.07, 6.45) is 2.21. The predicted molar refractivity (Wildman–Crippen MR) is 93.2 cm³/mol. The number of anilines is 1. The molecule has 1 saturated heterocycles. The number of amides is 2. The van der Waals surface area contributed by atoms with Gasteiger partial charge >= 0.3 is 6.09 Å². The number of likely N-dealkylation sites (tertiary alicyclic amines) is 1. The minimum absolute atomic E-state index is 0.252. The number of hydrogen-bond donors (Lipinski definition) is 0. The Kier molecular flexibility index (Phi) is 4.52. The van der Waals surface area contributed by atoms with Gasteiger partial charge in [-0.05, 0) is 45.2 Å². The van der Waals surface area contributed by atoms with E-state index in [1.807, 2.05) is 43.9 Å². The van der Waals surface area contributed by atoms with Gasteiger partial charge in [0.25, 0.3) is 0 Å². The molecule has 0 unspecified atom stereocenters. The first-order valence-corrected chi connectivity index (χ1v) is 8.72. The van der Waals surface area contributed by atoms with Crippen LogP contribution in [0.4, 0.5) is 10.5 Å². The molecule has 2 amide bonds. The van der Waals surface area contributed by atoms with Gasteiger partial charge in [0, 0.05) is 32.0 Å². The molecule has 0 bridgehead atoms. The molecule has 0 spiro atoms. The van der Waals surface area contributed by atoms with Crippen molar-refractivity contribution in [2.45, 2.75) is 51.6 Å². The lowest BCUT2D eigenvalue weighted by molar-refractivity contribution is -0.127. The topological polar surface area (TPSA) is 49.9 Å². The molecule has 1 fully saturated rings. The number of para-hydroxylation sites is 1. The molecule has 5 nitrogen and oxygen atoms in total. The molecule has 0 aliphatic carbocycles. The van der Waals surface area contributed by atoms with E-state index in [0.717, 1.165) is 31.6 Å². The van der Waals surface area contributed by atoms with Gasteiger partial charge in [0.15, 0.2) is 0 Å². The van der Waals surface area contributed by atoms with Gasteiger partial charge in [-0.25, -0.2) is 4.79 Å². The van der Waals surface area contributed by atoms with Gasteiger partial charge in [-0.15, -0.1) is 0 Å². The van der Waals surface area contributed by atoms with E-state index in [1.54, 1.807) is 4.90 Å². The van der Waals surface area contributed by atoms with Crippen molar-refractivity contribution in [1.82, 2.24) is 4.90 Å². The van der Waals surface area contributed by atoms with Crippen LogP contribution >= 0.6 is 0 Å². The van der Waals surface area contributed by atoms with Gasteiger partial charge in [-0.3, -0.25) is 9.69 Å². The molecule has 0 saturated carbocycles. The quantitative estimate of drug-likeness (QED) is 0.852. The first-order valence-electron chi connectivity index (χ1n) is 8.72. The molecule has 24 heavy (non-hydrogen) atoms. The lowest BCUT2D eigenvalue weighted by atomic mass is 9.98. The van der Waals surface area contributed by atoms with Crippen molar-refractivity contribution in [3.05, 3.63) is 29.8 Å². The Bertz CT molecular complexity index is 636.